The van der Waals surface area contributed by atoms with E-state index in [4.69, 9.17) is 5.73 Å². The van der Waals surface area contributed by atoms with E-state index >= 15 is 0 Å². The lowest BCUT2D eigenvalue weighted by Gasteiger charge is -2.02. The van der Waals surface area contributed by atoms with Crippen LogP contribution in [-0.4, -0.2) is 35.3 Å². The van der Waals surface area contributed by atoms with Gasteiger partial charge in [-0.15, -0.1) is 0 Å². The molecule has 0 unspecified atom stereocenters. The Morgan fingerprint density at radius 3 is 2.80 bits per heavy atom. The average Bonchev–Trinajstić information content (AvgIpc) is 2.56. The Morgan fingerprint density at radius 1 is 1.67 bits per heavy atom. The molecule has 0 bridgehead atoms. The maximum atomic E-state index is 11.4. The van der Waals surface area contributed by atoms with Gasteiger partial charge in [-0.2, -0.15) is 5.10 Å². The predicted molar refractivity (Wildman–Crippen MR) is 52.0 cm³/mol. The van der Waals surface area contributed by atoms with Crippen molar-refractivity contribution >= 4 is 17.7 Å². The van der Waals surface area contributed by atoms with Gasteiger partial charge in [0, 0.05) is 7.05 Å². The number of carbonyl (C=O) groups is 2. The molecule has 3 N–H and O–H groups in total. The summed E-state index contributed by atoms with van der Waals surface area (Å²) in [6.07, 6.45) is 1.34. The van der Waals surface area contributed by atoms with Crippen molar-refractivity contribution in [3.63, 3.8) is 0 Å². The summed E-state index contributed by atoms with van der Waals surface area (Å²) in [6.45, 7) is -0.191. The monoisotopic (exact) mass is 212 g/mol. The number of rotatable bonds is 3. The van der Waals surface area contributed by atoms with E-state index < -0.39 is 11.9 Å². The van der Waals surface area contributed by atoms with E-state index in [0.29, 0.717) is 0 Å². The van der Waals surface area contributed by atoms with Gasteiger partial charge in [-0.25, -0.2) is 0 Å². The Bertz CT molecular complexity index is 385. The highest BCUT2D eigenvalue weighted by Gasteiger charge is 2.14. The maximum absolute atomic E-state index is 11.4. The molecular formula is C8H12N4O3. The lowest BCUT2D eigenvalue weighted by Crippen LogP contribution is -2.30. The minimum absolute atomic E-state index is 0.191. The Morgan fingerprint density at radius 2 is 2.33 bits per heavy atom. The molecule has 15 heavy (non-hydrogen) atoms. The van der Waals surface area contributed by atoms with Gasteiger partial charge in [0.1, 0.15) is 17.9 Å². The first-order valence-electron chi connectivity index (χ1n) is 4.18. The minimum atomic E-state index is -0.522. The molecule has 0 saturated carbocycles. The van der Waals surface area contributed by atoms with Crippen molar-refractivity contribution in [1.29, 1.82) is 0 Å². The van der Waals surface area contributed by atoms with Crippen LogP contribution < -0.4 is 11.1 Å². The van der Waals surface area contributed by atoms with Crippen molar-refractivity contribution in [1.82, 2.24) is 15.1 Å². The summed E-state index contributed by atoms with van der Waals surface area (Å²) in [5, 5.41) is 6.16. The van der Waals surface area contributed by atoms with E-state index in [1.807, 2.05) is 0 Å². The van der Waals surface area contributed by atoms with Gasteiger partial charge in [-0.3, -0.25) is 14.3 Å². The Kier molecular flexibility index (Phi) is 3.27. The number of ether oxygens (including phenoxy) is 1. The zero-order valence-corrected chi connectivity index (χ0v) is 8.48. The first-order valence-corrected chi connectivity index (χ1v) is 4.18. The molecule has 7 heteroatoms. The molecule has 0 aromatic carbocycles. The molecule has 0 radical (unpaired) electrons. The molecule has 0 aliphatic heterocycles. The van der Waals surface area contributed by atoms with Gasteiger partial charge in [0.05, 0.1) is 13.3 Å². The second-order valence-electron chi connectivity index (χ2n) is 2.83. The van der Waals surface area contributed by atoms with Gasteiger partial charge in [0.15, 0.2) is 0 Å². The number of esters is 1. The third-order valence-electron chi connectivity index (χ3n) is 1.85. The molecule has 82 valence electrons. The van der Waals surface area contributed by atoms with Crippen molar-refractivity contribution in [2.45, 2.75) is 0 Å². The second-order valence-corrected chi connectivity index (χ2v) is 2.83. The largest absolute Gasteiger partial charge is 0.468 e. The lowest BCUT2D eigenvalue weighted by molar-refractivity contribution is -0.139. The molecule has 1 aromatic rings. The molecule has 0 aliphatic carbocycles. The molecule has 1 aromatic heterocycles. The molecule has 0 fully saturated rings. The van der Waals surface area contributed by atoms with Gasteiger partial charge in [-0.1, -0.05) is 0 Å². The molecule has 0 spiro atoms. The Hall–Kier alpha value is -2.05. The summed E-state index contributed by atoms with van der Waals surface area (Å²) in [4.78, 5) is 22.2. The summed E-state index contributed by atoms with van der Waals surface area (Å²) < 4.78 is 5.73. The molecule has 0 atom stereocenters. The van der Waals surface area contributed by atoms with Gasteiger partial charge in [0.25, 0.3) is 5.91 Å². The minimum Gasteiger partial charge on any atom is -0.468 e. The van der Waals surface area contributed by atoms with Crippen LogP contribution in [0.15, 0.2) is 6.20 Å². The number of hydrogen-bond acceptors (Lipinski definition) is 5. The standard InChI is InChI=1S/C8H12N4O3/c1-12-7(9)5(3-11-12)8(14)10-4-6(13)15-2/h3H,4,9H2,1-2H3,(H,10,14). The molecule has 1 heterocycles. The Balaban J connectivity index is 2.62. The maximum Gasteiger partial charge on any atom is 0.325 e. The molecule has 0 saturated heterocycles. The van der Waals surface area contributed by atoms with E-state index in [-0.39, 0.29) is 17.9 Å². The molecule has 0 aliphatic rings. The second kappa shape index (κ2) is 4.45. The normalized spacial score (nSPS) is 9.73. The smallest absolute Gasteiger partial charge is 0.325 e. The summed E-state index contributed by atoms with van der Waals surface area (Å²) in [5.74, 6) is -0.728. The fourth-order valence-corrected chi connectivity index (χ4v) is 0.942. The van der Waals surface area contributed by atoms with Crippen molar-refractivity contribution in [3.8, 4) is 0 Å². The average molecular weight is 212 g/mol. The number of aromatic nitrogens is 2. The van der Waals surface area contributed by atoms with Crippen molar-refractivity contribution in [2.24, 2.45) is 7.05 Å². The predicted octanol–water partition coefficient (Wildman–Crippen LogP) is -1.09. The van der Waals surface area contributed by atoms with E-state index in [1.54, 1.807) is 7.05 Å². The van der Waals surface area contributed by atoms with Crippen molar-refractivity contribution < 1.29 is 14.3 Å². The third kappa shape index (κ3) is 2.46. The number of anilines is 1. The first-order chi connectivity index (χ1) is 7.06. The third-order valence-corrected chi connectivity index (χ3v) is 1.85. The van der Waals surface area contributed by atoms with Crippen molar-refractivity contribution in [2.75, 3.05) is 19.4 Å². The SMILES string of the molecule is COC(=O)CNC(=O)c1cnn(C)c1N. The van der Waals surface area contributed by atoms with E-state index in [0.717, 1.165) is 0 Å². The summed E-state index contributed by atoms with van der Waals surface area (Å²) in [5.41, 5.74) is 5.80. The number of hydrogen-bond donors (Lipinski definition) is 2. The van der Waals surface area contributed by atoms with E-state index in [2.05, 4.69) is 15.2 Å². The zero-order valence-electron chi connectivity index (χ0n) is 8.48. The zero-order chi connectivity index (χ0) is 11.4. The van der Waals surface area contributed by atoms with Crippen LogP contribution >= 0.6 is 0 Å². The number of nitrogen functional groups attached to an aromatic ring is 1. The van der Waals surface area contributed by atoms with Gasteiger partial charge >= 0.3 is 5.97 Å². The topological polar surface area (TPSA) is 99.2 Å². The van der Waals surface area contributed by atoms with Crippen molar-refractivity contribution in [3.05, 3.63) is 11.8 Å². The van der Waals surface area contributed by atoms with Crippen LogP contribution in [0.25, 0.3) is 0 Å². The number of nitrogens with zero attached hydrogens (tertiary/aromatic N) is 2. The number of aryl methyl sites for hydroxylation is 1. The number of methoxy groups -OCH3 is 1. The van der Waals surface area contributed by atoms with Crippen LogP contribution in [-0.2, 0) is 16.6 Å². The quantitative estimate of drug-likeness (QED) is 0.620. The van der Waals surface area contributed by atoms with Crippen LogP contribution in [0.3, 0.4) is 0 Å². The highest BCUT2D eigenvalue weighted by atomic mass is 16.5. The number of carbonyl (C=O) groups excluding carboxylic acids is 2. The fourth-order valence-electron chi connectivity index (χ4n) is 0.942. The number of amides is 1. The van der Waals surface area contributed by atoms with E-state index in [1.165, 1.54) is 18.0 Å². The fraction of sp³-hybridized carbons (Fsp3) is 0.375. The lowest BCUT2D eigenvalue weighted by atomic mass is 10.3. The highest BCUT2D eigenvalue weighted by Crippen LogP contribution is 2.08. The number of nitrogens with two attached hydrogens (primary N) is 1. The molecular weight excluding hydrogens is 200 g/mol. The first kappa shape index (κ1) is 11.0. The molecule has 7 nitrogen and oxygen atoms in total. The summed E-state index contributed by atoms with van der Waals surface area (Å²) >= 11 is 0. The van der Waals surface area contributed by atoms with Gasteiger partial charge in [0.2, 0.25) is 0 Å². The van der Waals surface area contributed by atoms with Crippen LogP contribution in [0, 0.1) is 0 Å². The van der Waals surface area contributed by atoms with Crippen LogP contribution in [0.4, 0.5) is 5.82 Å². The summed E-state index contributed by atoms with van der Waals surface area (Å²) in [6, 6.07) is 0. The highest BCUT2D eigenvalue weighted by molar-refractivity contribution is 5.99. The Labute approximate surface area is 86.2 Å². The molecule has 1 rings (SSSR count). The van der Waals surface area contributed by atoms with Crippen LogP contribution in [0.5, 0.6) is 0 Å². The number of nitrogens with one attached hydrogen (secondary N) is 1. The van der Waals surface area contributed by atoms with Gasteiger partial charge in [-0.05, 0) is 0 Å². The van der Waals surface area contributed by atoms with E-state index in [9.17, 15) is 9.59 Å². The summed E-state index contributed by atoms with van der Waals surface area (Å²) in [7, 11) is 2.86. The van der Waals surface area contributed by atoms with Crippen LogP contribution in [0.1, 0.15) is 10.4 Å². The van der Waals surface area contributed by atoms with Gasteiger partial charge < -0.3 is 15.8 Å². The van der Waals surface area contributed by atoms with Crippen LogP contribution in [0.2, 0.25) is 0 Å². The molecule has 1 amide bonds.